The lowest BCUT2D eigenvalue weighted by Gasteiger charge is -2.11. The van der Waals surface area contributed by atoms with Crippen LogP contribution in [0.15, 0.2) is 36.5 Å². The van der Waals surface area contributed by atoms with E-state index in [0.717, 1.165) is 5.69 Å². The SMILES string of the molecule is BrC1CCC(c2cnnn2-c2ccccc2)C1. The third kappa shape index (κ3) is 2.14. The third-order valence-corrected chi connectivity index (χ3v) is 4.19. The average molecular weight is 292 g/mol. The minimum absolute atomic E-state index is 0.578. The molecule has 1 aliphatic carbocycles. The summed E-state index contributed by atoms with van der Waals surface area (Å²) >= 11 is 3.69. The first-order valence-corrected chi connectivity index (χ1v) is 6.86. The summed E-state index contributed by atoms with van der Waals surface area (Å²) in [6, 6.07) is 10.2. The summed E-state index contributed by atoms with van der Waals surface area (Å²) in [4.78, 5) is 0.645. The summed E-state index contributed by atoms with van der Waals surface area (Å²) in [5.41, 5.74) is 2.33. The molecule has 0 spiro atoms. The van der Waals surface area contributed by atoms with Crippen LogP contribution in [0, 0.1) is 0 Å². The lowest BCUT2D eigenvalue weighted by atomic mass is 10.0. The summed E-state index contributed by atoms with van der Waals surface area (Å²) in [5, 5.41) is 8.27. The van der Waals surface area contributed by atoms with Gasteiger partial charge >= 0.3 is 0 Å². The Morgan fingerprint density at radius 3 is 2.71 bits per heavy atom. The van der Waals surface area contributed by atoms with Crippen molar-refractivity contribution in [3.05, 3.63) is 42.2 Å². The molecule has 0 bridgehead atoms. The largest absolute Gasteiger partial charge is 0.217 e. The van der Waals surface area contributed by atoms with E-state index in [2.05, 4.69) is 38.4 Å². The molecule has 0 aliphatic heterocycles. The Balaban J connectivity index is 1.95. The minimum Gasteiger partial charge on any atom is -0.217 e. The Kier molecular flexibility index (Phi) is 2.97. The van der Waals surface area contributed by atoms with Crippen molar-refractivity contribution in [3.63, 3.8) is 0 Å². The van der Waals surface area contributed by atoms with Crippen LogP contribution in [-0.4, -0.2) is 19.8 Å². The van der Waals surface area contributed by atoms with Crippen LogP contribution >= 0.6 is 15.9 Å². The fraction of sp³-hybridized carbons (Fsp3) is 0.385. The Morgan fingerprint density at radius 1 is 1.18 bits per heavy atom. The molecule has 1 aromatic heterocycles. The first-order chi connectivity index (χ1) is 8.34. The van der Waals surface area contributed by atoms with E-state index in [-0.39, 0.29) is 0 Å². The molecule has 4 heteroatoms. The van der Waals surface area contributed by atoms with Crippen LogP contribution in [0.2, 0.25) is 0 Å². The average Bonchev–Trinajstić information content (AvgIpc) is 2.98. The van der Waals surface area contributed by atoms with Gasteiger partial charge in [0.25, 0.3) is 0 Å². The number of nitrogens with zero attached hydrogens (tertiary/aromatic N) is 3. The van der Waals surface area contributed by atoms with Crippen LogP contribution in [0.1, 0.15) is 30.9 Å². The smallest absolute Gasteiger partial charge is 0.0732 e. The van der Waals surface area contributed by atoms with Crippen molar-refractivity contribution in [2.24, 2.45) is 0 Å². The first-order valence-electron chi connectivity index (χ1n) is 5.94. The van der Waals surface area contributed by atoms with Crippen LogP contribution in [-0.2, 0) is 0 Å². The monoisotopic (exact) mass is 291 g/mol. The van der Waals surface area contributed by atoms with Gasteiger partial charge in [-0.05, 0) is 31.4 Å². The fourth-order valence-corrected chi connectivity index (χ4v) is 3.20. The highest BCUT2D eigenvalue weighted by Crippen LogP contribution is 2.38. The number of aromatic nitrogens is 3. The van der Waals surface area contributed by atoms with E-state index in [1.165, 1.54) is 25.0 Å². The molecule has 17 heavy (non-hydrogen) atoms. The molecule has 1 fully saturated rings. The van der Waals surface area contributed by atoms with Gasteiger partial charge in [-0.3, -0.25) is 0 Å². The van der Waals surface area contributed by atoms with Gasteiger partial charge < -0.3 is 0 Å². The van der Waals surface area contributed by atoms with Gasteiger partial charge in [0.2, 0.25) is 0 Å². The molecule has 88 valence electrons. The van der Waals surface area contributed by atoms with E-state index in [1.807, 2.05) is 29.1 Å². The van der Waals surface area contributed by atoms with E-state index < -0.39 is 0 Å². The summed E-state index contributed by atoms with van der Waals surface area (Å²) in [6.45, 7) is 0. The van der Waals surface area contributed by atoms with Gasteiger partial charge in [0, 0.05) is 10.7 Å². The normalized spacial score (nSPS) is 24.1. The van der Waals surface area contributed by atoms with Crippen molar-refractivity contribution in [2.75, 3.05) is 0 Å². The van der Waals surface area contributed by atoms with E-state index in [1.54, 1.807) is 0 Å². The number of halogens is 1. The van der Waals surface area contributed by atoms with Gasteiger partial charge in [0.15, 0.2) is 0 Å². The van der Waals surface area contributed by atoms with Crippen LogP contribution in [0.5, 0.6) is 0 Å². The maximum Gasteiger partial charge on any atom is 0.0732 e. The van der Waals surface area contributed by atoms with Gasteiger partial charge in [0.05, 0.1) is 17.6 Å². The van der Waals surface area contributed by atoms with Crippen molar-refractivity contribution in [3.8, 4) is 5.69 Å². The van der Waals surface area contributed by atoms with Crippen LogP contribution < -0.4 is 0 Å². The number of alkyl halides is 1. The fourth-order valence-electron chi connectivity index (χ4n) is 2.49. The van der Waals surface area contributed by atoms with Gasteiger partial charge in [-0.1, -0.05) is 39.3 Å². The maximum absolute atomic E-state index is 4.21. The summed E-state index contributed by atoms with van der Waals surface area (Å²) in [7, 11) is 0. The van der Waals surface area contributed by atoms with Crippen LogP contribution in [0.4, 0.5) is 0 Å². The number of benzene rings is 1. The Labute approximate surface area is 109 Å². The Hall–Kier alpha value is -1.16. The second kappa shape index (κ2) is 4.61. The molecule has 2 unspecified atom stereocenters. The van der Waals surface area contributed by atoms with E-state index >= 15 is 0 Å². The topological polar surface area (TPSA) is 30.7 Å². The van der Waals surface area contributed by atoms with Crippen LogP contribution in [0.3, 0.4) is 0 Å². The molecule has 2 atom stereocenters. The van der Waals surface area contributed by atoms with E-state index in [0.29, 0.717) is 10.7 Å². The predicted octanol–water partition coefficient (Wildman–Crippen LogP) is 3.30. The van der Waals surface area contributed by atoms with Crippen molar-refractivity contribution in [1.29, 1.82) is 0 Å². The van der Waals surface area contributed by atoms with Gasteiger partial charge in [-0.2, -0.15) is 0 Å². The highest BCUT2D eigenvalue weighted by atomic mass is 79.9. The summed E-state index contributed by atoms with van der Waals surface area (Å²) < 4.78 is 1.97. The van der Waals surface area contributed by atoms with Crippen molar-refractivity contribution in [1.82, 2.24) is 15.0 Å². The maximum atomic E-state index is 4.21. The standard InChI is InChI=1S/C13H14BrN3/c14-11-7-6-10(8-11)13-9-15-16-17(13)12-4-2-1-3-5-12/h1-5,9-11H,6-8H2. The summed E-state index contributed by atoms with van der Waals surface area (Å²) in [6.07, 6.45) is 5.55. The third-order valence-electron chi connectivity index (χ3n) is 3.36. The zero-order valence-corrected chi connectivity index (χ0v) is 11.0. The van der Waals surface area contributed by atoms with Gasteiger partial charge in [-0.25, -0.2) is 4.68 Å². The molecule has 1 heterocycles. The molecule has 3 nitrogen and oxygen atoms in total. The lowest BCUT2D eigenvalue weighted by Crippen LogP contribution is -2.05. The number of rotatable bonds is 2. The number of para-hydroxylation sites is 1. The van der Waals surface area contributed by atoms with Gasteiger partial charge in [0.1, 0.15) is 0 Å². The van der Waals surface area contributed by atoms with E-state index in [9.17, 15) is 0 Å². The van der Waals surface area contributed by atoms with Crippen LogP contribution in [0.25, 0.3) is 5.69 Å². The molecular weight excluding hydrogens is 278 g/mol. The summed E-state index contributed by atoms with van der Waals surface area (Å²) in [5.74, 6) is 0.578. The highest BCUT2D eigenvalue weighted by Gasteiger charge is 2.27. The molecular formula is C13H14BrN3. The highest BCUT2D eigenvalue weighted by molar-refractivity contribution is 9.09. The van der Waals surface area contributed by atoms with Crippen molar-refractivity contribution < 1.29 is 0 Å². The Morgan fingerprint density at radius 2 is 2.00 bits per heavy atom. The van der Waals surface area contributed by atoms with Crippen molar-refractivity contribution in [2.45, 2.75) is 30.0 Å². The van der Waals surface area contributed by atoms with E-state index in [4.69, 9.17) is 0 Å². The molecule has 0 amide bonds. The lowest BCUT2D eigenvalue weighted by molar-refractivity contribution is 0.651. The number of hydrogen-bond donors (Lipinski definition) is 0. The molecule has 1 aliphatic rings. The Bertz CT molecular complexity index is 494. The molecule has 0 radical (unpaired) electrons. The first kappa shape index (κ1) is 11.0. The van der Waals surface area contributed by atoms with Gasteiger partial charge in [-0.15, -0.1) is 5.10 Å². The minimum atomic E-state index is 0.578. The molecule has 2 aromatic rings. The second-order valence-electron chi connectivity index (χ2n) is 4.51. The predicted molar refractivity (Wildman–Crippen MR) is 70.7 cm³/mol. The molecule has 0 saturated heterocycles. The molecule has 1 aromatic carbocycles. The zero-order chi connectivity index (χ0) is 11.7. The number of hydrogen-bond acceptors (Lipinski definition) is 2. The zero-order valence-electron chi connectivity index (χ0n) is 9.46. The van der Waals surface area contributed by atoms with Crippen molar-refractivity contribution >= 4 is 15.9 Å². The molecule has 0 N–H and O–H groups in total. The second-order valence-corrected chi connectivity index (χ2v) is 5.81. The molecule has 1 saturated carbocycles. The molecule has 3 rings (SSSR count). The quantitative estimate of drug-likeness (QED) is 0.795.